The van der Waals surface area contributed by atoms with Gasteiger partial charge in [-0.25, -0.2) is 0 Å². The zero-order valence-electron chi connectivity index (χ0n) is 18.5. The number of anilines is 2. The summed E-state index contributed by atoms with van der Waals surface area (Å²) in [6.45, 7) is 8.74. The highest BCUT2D eigenvalue weighted by Gasteiger charge is 2.46. The number of aliphatic hydroxyl groups excluding tert-OH is 1. The molecule has 31 heavy (non-hydrogen) atoms. The van der Waals surface area contributed by atoms with Gasteiger partial charge in [-0.3, -0.25) is 19.3 Å². The third-order valence-electron chi connectivity index (χ3n) is 5.28. The van der Waals surface area contributed by atoms with Gasteiger partial charge in [0, 0.05) is 23.7 Å². The highest BCUT2D eigenvalue weighted by Crippen LogP contribution is 2.43. The van der Waals surface area contributed by atoms with E-state index in [1.54, 1.807) is 45.0 Å². The predicted octanol–water partition coefficient (Wildman–Crippen LogP) is 4.72. The highest BCUT2D eigenvalue weighted by molar-refractivity contribution is 6.17. The van der Waals surface area contributed by atoms with Crippen molar-refractivity contribution in [2.24, 2.45) is 5.41 Å². The van der Waals surface area contributed by atoms with Gasteiger partial charge in [0.2, 0.25) is 5.91 Å². The van der Waals surface area contributed by atoms with E-state index in [0.29, 0.717) is 11.4 Å². The lowest BCUT2D eigenvalue weighted by Crippen LogP contribution is -2.32. The van der Waals surface area contributed by atoms with Crippen molar-refractivity contribution in [1.82, 2.24) is 0 Å². The van der Waals surface area contributed by atoms with Crippen molar-refractivity contribution >= 4 is 29.0 Å². The van der Waals surface area contributed by atoms with Gasteiger partial charge in [-0.15, -0.1) is 0 Å². The molecule has 2 N–H and O–H groups in total. The van der Waals surface area contributed by atoms with E-state index in [-0.39, 0.29) is 17.3 Å². The average molecular weight is 421 g/mol. The first kappa shape index (κ1) is 22.3. The van der Waals surface area contributed by atoms with Gasteiger partial charge in [-0.1, -0.05) is 58.0 Å². The number of nitrogens with zero attached hydrogens (tertiary/aromatic N) is 1. The van der Waals surface area contributed by atoms with Gasteiger partial charge in [0.25, 0.3) is 5.91 Å². The Bertz CT molecular complexity index is 1060. The first-order valence-corrected chi connectivity index (χ1v) is 10.3. The van der Waals surface area contributed by atoms with Gasteiger partial charge in [0.1, 0.15) is 0 Å². The van der Waals surface area contributed by atoms with E-state index >= 15 is 0 Å². The van der Waals surface area contributed by atoms with Crippen LogP contribution >= 0.6 is 0 Å². The number of carbonyl (C=O) groups is 3. The van der Waals surface area contributed by atoms with Crippen LogP contribution in [0.1, 0.15) is 51.8 Å². The summed E-state index contributed by atoms with van der Waals surface area (Å²) in [5.74, 6) is -1.70. The van der Waals surface area contributed by atoms with Crippen LogP contribution in [0.15, 0.2) is 59.9 Å². The third kappa shape index (κ3) is 4.38. The average Bonchev–Trinajstić information content (AvgIpc) is 2.97. The minimum Gasteiger partial charge on any atom is -0.503 e. The van der Waals surface area contributed by atoms with Crippen molar-refractivity contribution in [2.75, 3.05) is 10.2 Å². The van der Waals surface area contributed by atoms with Gasteiger partial charge in [0.05, 0.1) is 11.6 Å². The molecule has 0 spiro atoms. The number of benzene rings is 2. The predicted molar refractivity (Wildman–Crippen MR) is 121 cm³/mol. The minimum absolute atomic E-state index is 0.0895. The molecule has 0 aliphatic carbocycles. The molecule has 1 aliphatic rings. The van der Waals surface area contributed by atoms with Crippen molar-refractivity contribution in [3.05, 3.63) is 71.0 Å². The number of hydrogen-bond donors (Lipinski definition) is 2. The Hall–Kier alpha value is -3.41. The summed E-state index contributed by atoms with van der Waals surface area (Å²) in [6, 6.07) is 13.7. The molecule has 1 aliphatic heterocycles. The van der Waals surface area contributed by atoms with E-state index in [0.717, 1.165) is 17.5 Å². The zero-order valence-corrected chi connectivity index (χ0v) is 18.5. The van der Waals surface area contributed by atoms with E-state index in [4.69, 9.17) is 0 Å². The summed E-state index contributed by atoms with van der Waals surface area (Å²) in [7, 11) is 0. The molecular formula is C25H28N2O4. The molecule has 0 aromatic heterocycles. The third-order valence-corrected chi connectivity index (χ3v) is 5.28. The second-order valence-corrected chi connectivity index (χ2v) is 8.75. The molecule has 2 amide bonds. The maximum atomic E-state index is 13.3. The fourth-order valence-electron chi connectivity index (χ4n) is 3.70. The molecular weight excluding hydrogens is 392 g/mol. The second-order valence-electron chi connectivity index (χ2n) is 8.75. The molecule has 0 fully saturated rings. The second kappa shape index (κ2) is 8.38. The molecule has 6 nitrogen and oxygen atoms in total. The number of rotatable bonds is 5. The monoisotopic (exact) mass is 420 g/mol. The fourth-order valence-corrected chi connectivity index (χ4v) is 3.70. The maximum Gasteiger partial charge on any atom is 0.294 e. The summed E-state index contributed by atoms with van der Waals surface area (Å²) in [5.41, 5.74) is 2.17. The molecule has 1 atom stereocenters. The minimum atomic E-state index is -0.779. The van der Waals surface area contributed by atoms with Crippen molar-refractivity contribution in [2.45, 2.75) is 47.1 Å². The molecule has 0 saturated carbocycles. The smallest absolute Gasteiger partial charge is 0.294 e. The van der Waals surface area contributed by atoms with Crippen LogP contribution in [0.3, 0.4) is 0 Å². The number of aryl methyl sites for hydroxylation is 1. The van der Waals surface area contributed by atoms with E-state index in [9.17, 15) is 19.5 Å². The van der Waals surface area contributed by atoms with E-state index in [2.05, 4.69) is 5.32 Å². The largest absolute Gasteiger partial charge is 0.503 e. The van der Waals surface area contributed by atoms with Crippen LogP contribution < -0.4 is 10.2 Å². The lowest BCUT2D eigenvalue weighted by Gasteiger charge is -2.29. The quantitative estimate of drug-likeness (QED) is 0.733. The number of carbonyl (C=O) groups excluding carboxylic acids is 3. The first-order valence-electron chi connectivity index (χ1n) is 10.3. The van der Waals surface area contributed by atoms with Crippen LogP contribution in [0.4, 0.5) is 11.4 Å². The van der Waals surface area contributed by atoms with Gasteiger partial charge >= 0.3 is 0 Å². The Morgan fingerprint density at radius 2 is 1.74 bits per heavy atom. The Balaban J connectivity index is 2.17. The number of aliphatic hydroxyl groups is 1. The summed E-state index contributed by atoms with van der Waals surface area (Å²) in [6.07, 6.45) is 0.862. The Kier molecular flexibility index (Phi) is 6.02. The van der Waals surface area contributed by atoms with Crippen LogP contribution in [0.25, 0.3) is 0 Å². The zero-order chi connectivity index (χ0) is 22.9. The van der Waals surface area contributed by atoms with Crippen molar-refractivity contribution in [3.8, 4) is 0 Å². The Labute approximate surface area is 182 Å². The van der Waals surface area contributed by atoms with E-state index in [1.165, 1.54) is 11.8 Å². The molecule has 1 heterocycles. The fraction of sp³-hybridized carbons (Fsp3) is 0.320. The highest BCUT2D eigenvalue weighted by atomic mass is 16.3. The topological polar surface area (TPSA) is 86.7 Å². The Morgan fingerprint density at radius 3 is 2.29 bits per heavy atom. The van der Waals surface area contributed by atoms with Crippen LogP contribution in [0.2, 0.25) is 0 Å². The molecule has 2 aromatic carbocycles. The lowest BCUT2D eigenvalue weighted by molar-refractivity contribution is -0.123. The summed E-state index contributed by atoms with van der Waals surface area (Å²) in [5, 5.41) is 13.5. The summed E-state index contributed by atoms with van der Waals surface area (Å²) in [4.78, 5) is 39.3. The van der Waals surface area contributed by atoms with Gasteiger partial charge in [-0.2, -0.15) is 0 Å². The van der Waals surface area contributed by atoms with Gasteiger partial charge in [0.15, 0.2) is 11.5 Å². The van der Waals surface area contributed by atoms with Crippen molar-refractivity contribution in [3.63, 3.8) is 0 Å². The summed E-state index contributed by atoms with van der Waals surface area (Å²) >= 11 is 0. The SMILES string of the molecule is CCc1ccc(C2C(C(=O)C(C)(C)C)=C(O)C(=O)N2c2cccc(NC(C)=O)c2)cc1. The summed E-state index contributed by atoms with van der Waals surface area (Å²) < 4.78 is 0. The molecule has 0 saturated heterocycles. The number of Topliss-reactive ketones (excluding diaryl/α,β-unsaturated/α-hetero) is 1. The van der Waals surface area contributed by atoms with Gasteiger partial charge in [-0.05, 0) is 35.7 Å². The molecule has 2 aromatic rings. The number of hydrogen-bond acceptors (Lipinski definition) is 4. The number of amides is 2. The van der Waals surface area contributed by atoms with Crippen LogP contribution in [-0.4, -0.2) is 22.7 Å². The molecule has 162 valence electrons. The standard InChI is InChI=1S/C25H28N2O4/c1-6-16-10-12-17(13-11-16)21-20(23(30)25(3,4)5)22(29)24(31)27(21)19-9-7-8-18(14-19)26-15(2)28/h7-14,21,29H,6H2,1-5H3,(H,26,28). The van der Waals surface area contributed by atoms with E-state index in [1.807, 2.05) is 31.2 Å². The lowest BCUT2D eigenvalue weighted by atomic mass is 9.82. The first-order chi connectivity index (χ1) is 14.5. The molecule has 0 radical (unpaired) electrons. The number of ketones is 1. The van der Waals surface area contributed by atoms with Gasteiger partial charge < -0.3 is 10.4 Å². The van der Waals surface area contributed by atoms with E-state index < -0.39 is 23.1 Å². The Morgan fingerprint density at radius 1 is 1.10 bits per heavy atom. The normalized spacial score (nSPS) is 16.6. The molecule has 3 rings (SSSR count). The number of nitrogens with one attached hydrogen (secondary N) is 1. The van der Waals surface area contributed by atoms with Crippen LogP contribution in [-0.2, 0) is 20.8 Å². The van der Waals surface area contributed by atoms with Crippen molar-refractivity contribution in [1.29, 1.82) is 0 Å². The maximum absolute atomic E-state index is 13.3. The van der Waals surface area contributed by atoms with Crippen LogP contribution in [0, 0.1) is 5.41 Å². The van der Waals surface area contributed by atoms with Crippen molar-refractivity contribution < 1.29 is 19.5 Å². The van der Waals surface area contributed by atoms with Crippen LogP contribution in [0.5, 0.6) is 0 Å². The molecule has 6 heteroatoms. The molecule has 0 bridgehead atoms. The molecule has 1 unspecified atom stereocenters.